The molecule has 2 rings (SSSR count). The molecule has 1 saturated heterocycles. The predicted octanol–water partition coefficient (Wildman–Crippen LogP) is 3.22. The number of rotatable bonds is 9. The van der Waals surface area contributed by atoms with Crippen LogP contribution in [0, 0.1) is 0 Å². The van der Waals surface area contributed by atoms with Gasteiger partial charge in [-0.3, -0.25) is 4.90 Å². The molecule has 0 spiro atoms. The monoisotopic (exact) mass is 436 g/mol. The predicted molar refractivity (Wildman–Crippen MR) is 121 cm³/mol. The fourth-order valence-corrected chi connectivity index (χ4v) is 3.13. The minimum atomic E-state index is -0.436. The van der Waals surface area contributed by atoms with Crippen molar-refractivity contribution in [3.8, 4) is 5.75 Å². The number of aliphatic hydroxyl groups excluding tert-OH is 1. The van der Waals surface area contributed by atoms with E-state index in [1.807, 2.05) is 12.1 Å². The van der Waals surface area contributed by atoms with Gasteiger partial charge in [-0.05, 0) is 29.7 Å². The van der Waals surface area contributed by atoms with Crippen LogP contribution in [-0.4, -0.2) is 80.1 Å². The zero-order valence-electron chi connectivity index (χ0n) is 17.7. The molecule has 1 aromatic carbocycles. The first-order valence-corrected chi connectivity index (χ1v) is 9.82. The standard InChI is InChI=1S/C21H36N2O3.2ClH/c1-5-22-10-12-23(13-11-22)16-19(24)17-25-14-15-26-20-8-6-18(7-9-20)21(2,3)4;;/h6-9,19,24H,5,10-17H2,1-4H3;2*1H. The minimum Gasteiger partial charge on any atom is -0.491 e. The minimum absolute atomic E-state index is 0. The van der Waals surface area contributed by atoms with Gasteiger partial charge >= 0.3 is 0 Å². The van der Waals surface area contributed by atoms with Crippen molar-refractivity contribution in [3.05, 3.63) is 29.8 Å². The summed E-state index contributed by atoms with van der Waals surface area (Å²) in [5.41, 5.74) is 1.45. The highest BCUT2D eigenvalue weighted by Crippen LogP contribution is 2.24. The number of ether oxygens (including phenoxy) is 2. The average Bonchev–Trinajstić information content (AvgIpc) is 2.62. The van der Waals surface area contributed by atoms with Crippen molar-refractivity contribution in [3.63, 3.8) is 0 Å². The molecule has 0 bridgehead atoms. The fraction of sp³-hybridized carbons (Fsp3) is 0.714. The SMILES string of the molecule is CCN1CCN(CC(O)COCCOc2ccc(C(C)(C)C)cc2)CC1.Cl.Cl. The smallest absolute Gasteiger partial charge is 0.119 e. The van der Waals surface area contributed by atoms with E-state index in [2.05, 4.69) is 49.6 Å². The number of hydrogen-bond acceptors (Lipinski definition) is 5. The second-order valence-electron chi connectivity index (χ2n) is 8.09. The third-order valence-corrected chi connectivity index (χ3v) is 4.91. The lowest BCUT2D eigenvalue weighted by Crippen LogP contribution is -2.48. The number of β-amino-alcohol motifs (C(OH)–C–C–N with tert-alkyl or cyclic N) is 1. The summed E-state index contributed by atoms with van der Waals surface area (Å²) >= 11 is 0. The van der Waals surface area contributed by atoms with Gasteiger partial charge in [0.25, 0.3) is 0 Å². The van der Waals surface area contributed by atoms with E-state index in [0.29, 0.717) is 26.4 Å². The summed E-state index contributed by atoms with van der Waals surface area (Å²) in [6.45, 7) is 16.2. The second-order valence-corrected chi connectivity index (χ2v) is 8.09. The molecular weight excluding hydrogens is 399 g/mol. The molecule has 164 valence electrons. The van der Waals surface area contributed by atoms with Crippen molar-refractivity contribution >= 4 is 24.8 Å². The van der Waals surface area contributed by atoms with Crippen molar-refractivity contribution in [1.82, 2.24) is 9.80 Å². The van der Waals surface area contributed by atoms with Crippen molar-refractivity contribution < 1.29 is 14.6 Å². The van der Waals surface area contributed by atoms with Crippen LogP contribution in [0.5, 0.6) is 5.75 Å². The molecule has 1 fully saturated rings. The number of benzene rings is 1. The number of piperazine rings is 1. The summed E-state index contributed by atoms with van der Waals surface area (Å²) < 4.78 is 11.3. The molecule has 0 aromatic heterocycles. The summed E-state index contributed by atoms with van der Waals surface area (Å²) in [5, 5.41) is 10.1. The van der Waals surface area contributed by atoms with Gasteiger partial charge in [0.1, 0.15) is 12.4 Å². The van der Waals surface area contributed by atoms with E-state index in [1.54, 1.807) is 0 Å². The van der Waals surface area contributed by atoms with Crippen molar-refractivity contribution in [1.29, 1.82) is 0 Å². The van der Waals surface area contributed by atoms with E-state index in [4.69, 9.17) is 9.47 Å². The molecule has 1 aliphatic heterocycles. The first-order chi connectivity index (χ1) is 12.4. The Morgan fingerprint density at radius 1 is 0.964 bits per heavy atom. The Morgan fingerprint density at radius 2 is 1.54 bits per heavy atom. The molecule has 0 saturated carbocycles. The quantitative estimate of drug-likeness (QED) is 0.601. The maximum absolute atomic E-state index is 10.1. The van der Waals surface area contributed by atoms with Gasteiger partial charge in [0.2, 0.25) is 0 Å². The molecule has 28 heavy (non-hydrogen) atoms. The molecule has 1 heterocycles. The highest BCUT2D eigenvalue weighted by Gasteiger charge is 2.18. The highest BCUT2D eigenvalue weighted by atomic mass is 35.5. The zero-order valence-corrected chi connectivity index (χ0v) is 19.4. The van der Waals surface area contributed by atoms with Gasteiger partial charge in [0.15, 0.2) is 0 Å². The Bertz CT molecular complexity index is 515. The van der Waals surface area contributed by atoms with Crippen LogP contribution in [-0.2, 0) is 10.2 Å². The highest BCUT2D eigenvalue weighted by molar-refractivity contribution is 5.85. The number of nitrogens with zero attached hydrogens (tertiary/aromatic N) is 2. The molecule has 1 atom stereocenters. The van der Waals surface area contributed by atoms with Crippen molar-refractivity contribution in [2.75, 3.05) is 59.1 Å². The fourth-order valence-electron chi connectivity index (χ4n) is 3.13. The molecule has 1 aromatic rings. The molecule has 5 nitrogen and oxygen atoms in total. The van der Waals surface area contributed by atoms with E-state index >= 15 is 0 Å². The molecule has 0 amide bonds. The molecule has 7 heteroatoms. The van der Waals surface area contributed by atoms with E-state index in [9.17, 15) is 5.11 Å². The van der Waals surface area contributed by atoms with Crippen LogP contribution in [0.4, 0.5) is 0 Å². The van der Waals surface area contributed by atoms with Crippen molar-refractivity contribution in [2.45, 2.75) is 39.2 Å². The van der Waals surface area contributed by atoms with E-state index in [-0.39, 0.29) is 30.2 Å². The van der Waals surface area contributed by atoms with Crippen LogP contribution < -0.4 is 4.74 Å². The Hall–Kier alpha value is -0.560. The van der Waals surface area contributed by atoms with Crippen LogP contribution in [0.15, 0.2) is 24.3 Å². The third-order valence-electron chi connectivity index (χ3n) is 4.91. The van der Waals surface area contributed by atoms with Crippen LogP contribution in [0.2, 0.25) is 0 Å². The Morgan fingerprint density at radius 3 is 2.07 bits per heavy atom. The van der Waals surface area contributed by atoms with Crippen LogP contribution in [0.1, 0.15) is 33.3 Å². The topological polar surface area (TPSA) is 45.2 Å². The number of likely N-dealkylation sites (N-methyl/N-ethyl adjacent to an activating group) is 1. The van der Waals surface area contributed by atoms with Crippen LogP contribution >= 0.6 is 24.8 Å². The number of halogens is 2. The van der Waals surface area contributed by atoms with Gasteiger partial charge in [-0.1, -0.05) is 39.8 Å². The summed E-state index contributed by atoms with van der Waals surface area (Å²) in [6.07, 6.45) is -0.436. The van der Waals surface area contributed by atoms with Crippen LogP contribution in [0.3, 0.4) is 0 Å². The van der Waals surface area contributed by atoms with Gasteiger partial charge in [-0.2, -0.15) is 0 Å². The maximum atomic E-state index is 10.1. The molecule has 1 unspecified atom stereocenters. The first kappa shape index (κ1) is 27.4. The molecule has 0 radical (unpaired) electrons. The van der Waals surface area contributed by atoms with E-state index < -0.39 is 6.10 Å². The average molecular weight is 437 g/mol. The lowest BCUT2D eigenvalue weighted by molar-refractivity contribution is 0.000390. The van der Waals surface area contributed by atoms with Gasteiger partial charge in [0, 0.05) is 32.7 Å². The Kier molecular flexibility index (Phi) is 13.4. The summed E-state index contributed by atoms with van der Waals surface area (Å²) in [7, 11) is 0. The van der Waals surface area contributed by atoms with Gasteiger partial charge < -0.3 is 19.5 Å². The molecule has 1 N–H and O–H groups in total. The van der Waals surface area contributed by atoms with E-state index in [0.717, 1.165) is 38.5 Å². The van der Waals surface area contributed by atoms with Crippen molar-refractivity contribution in [2.24, 2.45) is 0 Å². The van der Waals surface area contributed by atoms with Gasteiger partial charge in [0.05, 0.1) is 19.3 Å². The van der Waals surface area contributed by atoms with E-state index in [1.165, 1.54) is 5.56 Å². The largest absolute Gasteiger partial charge is 0.491 e. The Balaban J connectivity index is 0.00000364. The second kappa shape index (κ2) is 13.6. The lowest BCUT2D eigenvalue weighted by atomic mass is 9.87. The first-order valence-electron chi connectivity index (χ1n) is 9.82. The number of hydrogen-bond donors (Lipinski definition) is 1. The maximum Gasteiger partial charge on any atom is 0.119 e. The summed E-state index contributed by atoms with van der Waals surface area (Å²) in [5.74, 6) is 0.857. The van der Waals surface area contributed by atoms with Gasteiger partial charge in [-0.25, -0.2) is 0 Å². The normalized spacial score (nSPS) is 16.8. The Labute approximate surface area is 183 Å². The summed E-state index contributed by atoms with van der Waals surface area (Å²) in [6, 6.07) is 8.23. The lowest BCUT2D eigenvalue weighted by Gasteiger charge is -2.34. The molecule has 1 aliphatic rings. The summed E-state index contributed by atoms with van der Waals surface area (Å²) in [4.78, 5) is 4.75. The van der Waals surface area contributed by atoms with Crippen LogP contribution in [0.25, 0.3) is 0 Å². The molecular formula is C21H38Cl2N2O3. The zero-order chi connectivity index (χ0) is 19.0. The molecule has 0 aliphatic carbocycles. The number of aliphatic hydroxyl groups is 1. The third kappa shape index (κ3) is 9.77. The van der Waals surface area contributed by atoms with Gasteiger partial charge in [-0.15, -0.1) is 24.8 Å².